The first-order chi connectivity index (χ1) is 8.97. The number of aromatic nitrogens is 1. The molecule has 0 aliphatic carbocycles. The Balaban J connectivity index is 2.67. The number of aryl methyl sites for hydroxylation is 3. The molecule has 102 valence electrons. The van der Waals surface area contributed by atoms with Gasteiger partial charge in [-0.1, -0.05) is 6.07 Å². The second kappa shape index (κ2) is 4.96. The predicted octanol–water partition coefficient (Wildman–Crippen LogP) is 2.82. The van der Waals surface area contributed by atoms with Crippen molar-refractivity contribution in [2.45, 2.75) is 26.7 Å². The summed E-state index contributed by atoms with van der Waals surface area (Å²) in [4.78, 5) is 10.8. The van der Waals surface area contributed by atoms with Crippen molar-refractivity contribution in [2.75, 3.05) is 7.11 Å². The average Bonchev–Trinajstić information content (AvgIpc) is 2.61. The Morgan fingerprint density at radius 2 is 2.05 bits per heavy atom. The highest BCUT2D eigenvalue weighted by Gasteiger charge is 2.17. The number of carboxylic acid groups (broad SMARTS) is 1. The zero-order chi connectivity index (χ0) is 14.2. The third-order valence-electron chi connectivity index (χ3n) is 3.69. The lowest BCUT2D eigenvalue weighted by atomic mass is 10.0. The first-order valence-corrected chi connectivity index (χ1v) is 6.30. The summed E-state index contributed by atoms with van der Waals surface area (Å²) in [5, 5.41) is 10.0. The van der Waals surface area contributed by atoms with Gasteiger partial charge in [-0.05, 0) is 37.5 Å². The van der Waals surface area contributed by atoms with Crippen molar-refractivity contribution in [3.05, 3.63) is 29.0 Å². The van der Waals surface area contributed by atoms with E-state index >= 15 is 0 Å². The minimum absolute atomic E-state index is 0.145. The highest BCUT2D eigenvalue weighted by Crippen LogP contribution is 2.34. The average molecular weight is 261 g/mol. The molecule has 4 nitrogen and oxygen atoms in total. The molecule has 0 saturated carbocycles. The molecule has 1 heterocycles. The fraction of sp³-hybridized carbons (Fsp3) is 0.400. The third-order valence-corrected chi connectivity index (χ3v) is 3.69. The highest BCUT2D eigenvalue weighted by molar-refractivity contribution is 5.93. The van der Waals surface area contributed by atoms with Crippen molar-refractivity contribution in [1.82, 2.24) is 4.57 Å². The predicted molar refractivity (Wildman–Crippen MR) is 74.9 cm³/mol. The number of rotatable bonds is 4. The zero-order valence-electron chi connectivity index (χ0n) is 11.8. The van der Waals surface area contributed by atoms with Crippen LogP contribution in [0.5, 0.6) is 5.75 Å². The molecule has 0 unspecified atom stereocenters. The summed E-state index contributed by atoms with van der Waals surface area (Å²) in [6, 6.07) is 3.99. The van der Waals surface area contributed by atoms with E-state index in [0.29, 0.717) is 6.42 Å². The normalized spacial score (nSPS) is 10.9. The van der Waals surface area contributed by atoms with Gasteiger partial charge in [0.15, 0.2) is 0 Å². The van der Waals surface area contributed by atoms with Crippen molar-refractivity contribution >= 4 is 16.9 Å². The lowest BCUT2D eigenvalue weighted by molar-refractivity contribution is -0.136. The molecule has 0 atom stereocenters. The number of hydrogen-bond donors (Lipinski definition) is 1. The van der Waals surface area contributed by atoms with E-state index in [1.54, 1.807) is 7.11 Å². The van der Waals surface area contributed by atoms with E-state index in [1.807, 2.05) is 26.1 Å². The van der Waals surface area contributed by atoms with Crippen LogP contribution in [0.4, 0.5) is 0 Å². The molecular weight excluding hydrogens is 242 g/mol. The summed E-state index contributed by atoms with van der Waals surface area (Å²) in [5.74, 6) is 0.0566. The van der Waals surface area contributed by atoms with Crippen LogP contribution in [0.15, 0.2) is 12.1 Å². The molecule has 1 aromatic heterocycles. The first-order valence-electron chi connectivity index (χ1n) is 6.30. The minimum Gasteiger partial charge on any atom is -0.495 e. The monoisotopic (exact) mass is 261 g/mol. The molecule has 1 N–H and O–H groups in total. The van der Waals surface area contributed by atoms with Gasteiger partial charge in [-0.25, -0.2) is 0 Å². The Morgan fingerprint density at radius 1 is 1.37 bits per heavy atom. The molecular formula is C15H19NO3. The van der Waals surface area contributed by atoms with Crippen LogP contribution in [-0.4, -0.2) is 22.8 Å². The standard InChI is InChI=1S/C15H19NO3/c1-9-5-7-12(19-4)15-14(9)10(2)11(16(15)3)6-8-13(17)18/h5,7H,6,8H2,1-4H3,(H,17,18). The Hall–Kier alpha value is -1.97. The summed E-state index contributed by atoms with van der Waals surface area (Å²) >= 11 is 0. The Morgan fingerprint density at radius 3 is 2.63 bits per heavy atom. The van der Waals surface area contributed by atoms with Crippen molar-refractivity contribution in [1.29, 1.82) is 0 Å². The lowest BCUT2D eigenvalue weighted by Crippen LogP contribution is -2.03. The number of aliphatic carboxylic acids is 1. The Labute approximate surface area is 112 Å². The van der Waals surface area contributed by atoms with Crippen LogP contribution in [0, 0.1) is 13.8 Å². The fourth-order valence-electron chi connectivity index (χ4n) is 2.76. The van der Waals surface area contributed by atoms with Gasteiger partial charge >= 0.3 is 5.97 Å². The molecule has 0 radical (unpaired) electrons. The van der Waals surface area contributed by atoms with Crippen LogP contribution in [-0.2, 0) is 18.3 Å². The molecule has 0 aliphatic heterocycles. The highest BCUT2D eigenvalue weighted by atomic mass is 16.5. The van der Waals surface area contributed by atoms with Crippen molar-refractivity contribution in [3.8, 4) is 5.75 Å². The van der Waals surface area contributed by atoms with Crippen molar-refractivity contribution in [3.63, 3.8) is 0 Å². The van der Waals surface area contributed by atoms with Gasteiger partial charge in [-0.2, -0.15) is 0 Å². The van der Waals surface area contributed by atoms with E-state index in [-0.39, 0.29) is 6.42 Å². The van der Waals surface area contributed by atoms with Crippen molar-refractivity contribution in [2.24, 2.45) is 7.05 Å². The number of benzene rings is 1. The largest absolute Gasteiger partial charge is 0.495 e. The topological polar surface area (TPSA) is 51.5 Å². The van der Waals surface area contributed by atoms with Gasteiger partial charge in [0.1, 0.15) is 5.75 Å². The molecule has 19 heavy (non-hydrogen) atoms. The zero-order valence-corrected chi connectivity index (χ0v) is 11.8. The minimum atomic E-state index is -0.770. The number of nitrogens with zero attached hydrogens (tertiary/aromatic N) is 1. The van der Waals surface area contributed by atoms with E-state index in [9.17, 15) is 4.79 Å². The van der Waals surface area contributed by atoms with Crippen molar-refractivity contribution < 1.29 is 14.6 Å². The summed E-state index contributed by atoms with van der Waals surface area (Å²) in [6.45, 7) is 4.11. The van der Waals surface area contributed by atoms with E-state index in [2.05, 4.69) is 11.5 Å². The summed E-state index contributed by atoms with van der Waals surface area (Å²) < 4.78 is 7.48. The molecule has 0 amide bonds. The van der Waals surface area contributed by atoms with E-state index < -0.39 is 5.97 Å². The van der Waals surface area contributed by atoms with Gasteiger partial charge in [0.05, 0.1) is 19.0 Å². The molecule has 0 spiro atoms. The van der Waals surface area contributed by atoms with Gasteiger partial charge in [-0.3, -0.25) is 4.79 Å². The molecule has 2 rings (SSSR count). The summed E-state index contributed by atoms with van der Waals surface area (Å²) in [6.07, 6.45) is 0.682. The summed E-state index contributed by atoms with van der Waals surface area (Å²) in [5.41, 5.74) is 4.44. The molecule has 0 bridgehead atoms. The number of methoxy groups -OCH3 is 1. The fourth-order valence-corrected chi connectivity index (χ4v) is 2.76. The lowest BCUT2D eigenvalue weighted by Gasteiger charge is -2.07. The van der Waals surface area contributed by atoms with Gasteiger partial charge in [0.2, 0.25) is 0 Å². The quantitative estimate of drug-likeness (QED) is 0.920. The third kappa shape index (κ3) is 2.18. The Bertz CT molecular complexity index is 641. The van der Waals surface area contributed by atoms with E-state index in [4.69, 9.17) is 9.84 Å². The Kier molecular flexibility index (Phi) is 3.51. The van der Waals surface area contributed by atoms with Crippen LogP contribution in [0.2, 0.25) is 0 Å². The smallest absolute Gasteiger partial charge is 0.303 e. The maximum atomic E-state index is 10.8. The SMILES string of the molecule is COc1ccc(C)c2c(C)c(CCC(=O)O)n(C)c12. The second-order valence-corrected chi connectivity index (χ2v) is 4.83. The molecule has 0 fully saturated rings. The number of ether oxygens (including phenoxy) is 1. The van der Waals surface area contributed by atoms with Gasteiger partial charge in [-0.15, -0.1) is 0 Å². The van der Waals surface area contributed by atoms with E-state index in [1.165, 1.54) is 10.9 Å². The molecule has 0 aliphatic rings. The van der Waals surface area contributed by atoms with Crippen LogP contribution in [0.1, 0.15) is 23.2 Å². The second-order valence-electron chi connectivity index (χ2n) is 4.83. The maximum Gasteiger partial charge on any atom is 0.303 e. The molecule has 2 aromatic rings. The van der Waals surface area contributed by atoms with Crippen LogP contribution >= 0.6 is 0 Å². The number of hydrogen-bond acceptors (Lipinski definition) is 2. The number of carbonyl (C=O) groups is 1. The van der Waals surface area contributed by atoms with Gasteiger partial charge in [0.25, 0.3) is 0 Å². The molecule has 1 aromatic carbocycles. The summed E-state index contributed by atoms with van der Waals surface area (Å²) in [7, 11) is 3.62. The van der Waals surface area contributed by atoms with Gasteiger partial charge in [0, 0.05) is 18.1 Å². The van der Waals surface area contributed by atoms with E-state index in [0.717, 1.165) is 22.5 Å². The molecule has 4 heteroatoms. The number of carboxylic acids is 1. The van der Waals surface area contributed by atoms with Crippen LogP contribution in [0.25, 0.3) is 10.9 Å². The van der Waals surface area contributed by atoms with Gasteiger partial charge < -0.3 is 14.4 Å². The molecule has 0 saturated heterocycles. The maximum absolute atomic E-state index is 10.8. The first kappa shape index (κ1) is 13.5. The number of fused-ring (bicyclic) bond motifs is 1. The van der Waals surface area contributed by atoms with Crippen LogP contribution < -0.4 is 4.74 Å². The van der Waals surface area contributed by atoms with Crippen LogP contribution in [0.3, 0.4) is 0 Å².